The van der Waals surface area contributed by atoms with Gasteiger partial charge in [0.1, 0.15) is 11.5 Å². The van der Waals surface area contributed by atoms with E-state index < -0.39 is 6.04 Å². The molecule has 0 saturated heterocycles. The van der Waals surface area contributed by atoms with Crippen molar-refractivity contribution in [1.29, 1.82) is 0 Å². The van der Waals surface area contributed by atoms with Crippen LogP contribution in [0.4, 0.5) is 0 Å². The van der Waals surface area contributed by atoms with Gasteiger partial charge in [0.05, 0.1) is 24.8 Å². The molecule has 0 unspecified atom stereocenters. The van der Waals surface area contributed by atoms with E-state index in [1.54, 1.807) is 43.9 Å². The quantitative estimate of drug-likeness (QED) is 0.560. The summed E-state index contributed by atoms with van der Waals surface area (Å²) in [5.74, 6) is 2.28. The van der Waals surface area contributed by atoms with E-state index in [1.807, 2.05) is 24.3 Å². The van der Waals surface area contributed by atoms with Gasteiger partial charge in [0.25, 0.3) is 5.56 Å². The summed E-state index contributed by atoms with van der Waals surface area (Å²) in [5, 5.41) is 0. The summed E-state index contributed by atoms with van der Waals surface area (Å²) in [6.07, 6.45) is 1.79. The smallest absolute Gasteiger partial charge is 0.271 e. The van der Waals surface area contributed by atoms with Gasteiger partial charge in [-0.2, -0.15) is 0 Å². The lowest BCUT2D eigenvalue weighted by molar-refractivity contribution is -0.114. The van der Waals surface area contributed by atoms with Crippen LogP contribution in [0.25, 0.3) is 6.08 Å². The first-order chi connectivity index (χ1) is 16.4. The third-order valence-corrected chi connectivity index (χ3v) is 6.81. The third kappa shape index (κ3) is 3.58. The van der Waals surface area contributed by atoms with Crippen LogP contribution in [-0.2, 0) is 4.79 Å². The summed E-state index contributed by atoms with van der Waals surface area (Å²) in [5.41, 5.74) is 2.27. The average Bonchev–Trinajstić information content (AvgIpc) is 3.41. The summed E-state index contributed by atoms with van der Waals surface area (Å²) < 4.78 is 23.8. The highest BCUT2D eigenvalue weighted by Gasteiger charge is 2.32. The minimum atomic E-state index is -0.673. The van der Waals surface area contributed by atoms with Crippen LogP contribution in [0, 0.1) is 0 Å². The number of methoxy groups -OCH3 is 2. The van der Waals surface area contributed by atoms with Crippen LogP contribution in [0.5, 0.6) is 23.0 Å². The number of ketones is 1. The molecule has 8 nitrogen and oxygen atoms in total. The molecule has 1 aromatic heterocycles. The maximum absolute atomic E-state index is 13.7. The molecule has 0 radical (unpaired) electrons. The summed E-state index contributed by atoms with van der Waals surface area (Å²) in [4.78, 5) is 31.5. The maximum Gasteiger partial charge on any atom is 0.271 e. The molecule has 5 rings (SSSR count). The van der Waals surface area contributed by atoms with Gasteiger partial charge in [0, 0.05) is 22.9 Å². The fraction of sp³-hybridized carbons (Fsp3) is 0.240. The Hall–Kier alpha value is -3.85. The van der Waals surface area contributed by atoms with Crippen LogP contribution < -0.4 is 33.8 Å². The number of thiazole rings is 1. The van der Waals surface area contributed by atoms with Gasteiger partial charge in [-0.1, -0.05) is 17.4 Å². The van der Waals surface area contributed by atoms with E-state index in [0.29, 0.717) is 49.2 Å². The molecular weight excluding hydrogens is 456 g/mol. The number of hydrogen-bond donors (Lipinski definition) is 0. The molecule has 34 heavy (non-hydrogen) atoms. The first-order valence-corrected chi connectivity index (χ1v) is 11.4. The molecule has 1 atom stereocenters. The van der Waals surface area contributed by atoms with E-state index in [2.05, 4.69) is 4.99 Å². The predicted octanol–water partition coefficient (Wildman–Crippen LogP) is 2.57. The second-order valence-electron chi connectivity index (χ2n) is 7.86. The third-order valence-electron chi connectivity index (χ3n) is 5.83. The second-order valence-corrected chi connectivity index (χ2v) is 8.87. The van der Waals surface area contributed by atoms with Gasteiger partial charge in [0.15, 0.2) is 22.1 Å². The number of carbonyl (C=O) groups is 1. The molecule has 0 N–H and O–H groups in total. The van der Waals surface area contributed by atoms with E-state index in [4.69, 9.17) is 18.9 Å². The van der Waals surface area contributed by atoms with Crippen LogP contribution in [0.15, 0.2) is 57.5 Å². The second kappa shape index (κ2) is 8.49. The normalized spacial score (nSPS) is 16.8. The van der Waals surface area contributed by atoms with Crippen LogP contribution >= 0.6 is 11.3 Å². The van der Waals surface area contributed by atoms with Crippen molar-refractivity contribution in [2.45, 2.75) is 19.9 Å². The Bertz CT molecular complexity index is 1530. The number of carbonyl (C=O) groups excluding carboxylic acids is 1. The maximum atomic E-state index is 13.7. The molecule has 2 aliphatic heterocycles. The van der Waals surface area contributed by atoms with E-state index in [-0.39, 0.29) is 18.1 Å². The van der Waals surface area contributed by atoms with Gasteiger partial charge in [0.2, 0.25) is 6.79 Å². The lowest BCUT2D eigenvalue weighted by Crippen LogP contribution is -2.39. The lowest BCUT2D eigenvalue weighted by atomic mass is 9.92. The van der Waals surface area contributed by atoms with Crippen molar-refractivity contribution in [1.82, 2.24) is 4.57 Å². The fourth-order valence-corrected chi connectivity index (χ4v) is 5.31. The number of nitrogens with zero attached hydrogens (tertiary/aromatic N) is 2. The molecule has 0 aliphatic carbocycles. The van der Waals surface area contributed by atoms with Gasteiger partial charge in [-0.15, -0.1) is 0 Å². The molecule has 3 aromatic rings. The molecule has 0 saturated carbocycles. The number of aromatic nitrogens is 1. The molecule has 9 heteroatoms. The van der Waals surface area contributed by atoms with Gasteiger partial charge in [-0.3, -0.25) is 14.2 Å². The van der Waals surface area contributed by atoms with E-state index in [9.17, 15) is 9.59 Å². The van der Waals surface area contributed by atoms with Gasteiger partial charge >= 0.3 is 0 Å². The highest BCUT2D eigenvalue weighted by atomic mass is 32.1. The summed E-state index contributed by atoms with van der Waals surface area (Å²) >= 11 is 1.27. The number of benzene rings is 2. The van der Waals surface area contributed by atoms with Gasteiger partial charge < -0.3 is 18.9 Å². The Morgan fingerprint density at radius 3 is 2.68 bits per heavy atom. The number of fused-ring (bicyclic) bond motifs is 2. The number of allylic oxidation sites excluding steroid dienone is 2. The summed E-state index contributed by atoms with van der Waals surface area (Å²) in [6, 6.07) is 10.2. The van der Waals surface area contributed by atoms with Crippen LogP contribution in [0.1, 0.15) is 31.0 Å². The Morgan fingerprint density at radius 1 is 1.15 bits per heavy atom. The van der Waals surface area contributed by atoms with Crippen LogP contribution in [0.2, 0.25) is 0 Å². The number of rotatable bonds is 5. The first kappa shape index (κ1) is 22.0. The monoisotopic (exact) mass is 478 g/mol. The van der Waals surface area contributed by atoms with Crippen molar-refractivity contribution in [3.63, 3.8) is 0 Å². The number of Topliss-reactive ketones (excluding diaryl/α,β-unsaturated/α-hetero) is 1. The molecule has 174 valence electrons. The van der Waals surface area contributed by atoms with Crippen molar-refractivity contribution in [3.8, 4) is 23.0 Å². The highest BCUT2D eigenvalue weighted by molar-refractivity contribution is 7.07. The van der Waals surface area contributed by atoms with Crippen molar-refractivity contribution in [2.24, 2.45) is 4.99 Å². The van der Waals surface area contributed by atoms with Gasteiger partial charge in [-0.05, 0) is 49.8 Å². The zero-order valence-corrected chi connectivity index (χ0v) is 19.9. The van der Waals surface area contributed by atoms with Gasteiger partial charge in [-0.25, -0.2) is 4.99 Å². The van der Waals surface area contributed by atoms with Crippen molar-refractivity contribution >= 4 is 23.2 Å². The Kier molecular flexibility index (Phi) is 5.49. The zero-order chi connectivity index (χ0) is 24.0. The molecular formula is C25H22N2O6S. The largest absolute Gasteiger partial charge is 0.497 e. The lowest BCUT2D eigenvalue weighted by Gasteiger charge is -2.26. The molecule has 3 heterocycles. The zero-order valence-electron chi connectivity index (χ0n) is 19.1. The Morgan fingerprint density at radius 2 is 1.94 bits per heavy atom. The Balaban J connectivity index is 1.73. The Labute approximate surface area is 199 Å². The molecule has 0 bridgehead atoms. The van der Waals surface area contributed by atoms with Crippen molar-refractivity contribution in [2.75, 3.05) is 21.0 Å². The summed E-state index contributed by atoms with van der Waals surface area (Å²) in [6.45, 7) is 3.45. The first-order valence-electron chi connectivity index (χ1n) is 10.6. The van der Waals surface area contributed by atoms with E-state index in [0.717, 1.165) is 5.56 Å². The minimum absolute atomic E-state index is 0.158. The summed E-state index contributed by atoms with van der Waals surface area (Å²) in [7, 11) is 3.12. The number of hydrogen-bond acceptors (Lipinski definition) is 8. The van der Waals surface area contributed by atoms with E-state index >= 15 is 0 Å². The van der Waals surface area contributed by atoms with Crippen LogP contribution in [0.3, 0.4) is 0 Å². The topological polar surface area (TPSA) is 88.4 Å². The van der Waals surface area contributed by atoms with E-state index in [1.165, 1.54) is 18.3 Å². The molecule has 2 aliphatic rings. The van der Waals surface area contributed by atoms with Crippen molar-refractivity contribution in [3.05, 3.63) is 78.5 Å². The fourth-order valence-electron chi connectivity index (χ4n) is 4.26. The molecule has 2 aromatic carbocycles. The average molecular weight is 479 g/mol. The minimum Gasteiger partial charge on any atom is -0.497 e. The van der Waals surface area contributed by atoms with Crippen molar-refractivity contribution < 1.29 is 23.7 Å². The van der Waals surface area contributed by atoms with Crippen LogP contribution in [-0.4, -0.2) is 31.4 Å². The molecule has 0 amide bonds. The number of ether oxygens (including phenoxy) is 4. The predicted molar refractivity (Wildman–Crippen MR) is 127 cm³/mol. The molecule has 0 fully saturated rings. The highest BCUT2D eigenvalue weighted by Crippen LogP contribution is 2.37. The molecule has 0 spiro atoms. The standard InChI is InChI=1S/C25H22N2O6S/c1-13-22(14(2)28)23(17-7-6-16(30-3)11-19(17)31-4)27-24(29)21(34-25(27)26-13)10-15-5-8-18-20(9-15)33-12-32-18/h5-11,23H,12H2,1-4H3/b21-10-/t23-/m0/s1. The SMILES string of the molecule is COc1ccc([C@H]2C(C(C)=O)=C(C)N=c3s/c(=C\c4ccc5c(c4)OCO5)c(=O)n32)c(OC)c1.